The molecular weight excluding hydrogens is 203 g/mol. The molecule has 75 valence electrons. The maximum absolute atomic E-state index is 4.94. The van der Waals surface area contributed by atoms with E-state index in [0.717, 1.165) is 6.42 Å². The second-order valence-corrected chi connectivity index (χ2v) is 4.08. The van der Waals surface area contributed by atoms with Crippen molar-refractivity contribution in [2.45, 2.75) is 37.5 Å². The minimum atomic E-state index is 0.388. The Morgan fingerprint density at radius 1 is 1.62 bits per heavy atom. The van der Waals surface area contributed by atoms with Crippen molar-refractivity contribution in [1.29, 1.82) is 0 Å². The van der Waals surface area contributed by atoms with E-state index in [2.05, 4.69) is 37.3 Å². The van der Waals surface area contributed by atoms with Gasteiger partial charge in [-0.2, -0.15) is 0 Å². The molecule has 0 aliphatic heterocycles. The zero-order chi connectivity index (χ0) is 9.52. The number of hydrogen-bond acceptors (Lipinski definition) is 0. The molecule has 13 heavy (non-hydrogen) atoms. The first-order chi connectivity index (χ1) is 6.33. The van der Waals surface area contributed by atoms with Gasteiger partial charge in [-0.15, -0.1) is 0 Å². The molecule has 0 amide bonds. The zero-order valence-corrected chi connectivity index (χ0v) is 9.10. The van der Waals surface area contributed by atoms with Crippen LogP contribution in [0.2, 0.25) is 4.89 Å². The summed E-state index contributed by atoms with van der Waals surface area (Å²) < 4.78 is 0. The molecule has 0 aromatic rings. The van der Waals surface area contributed by atoms with E-state index in [4.69, 9.17) is 15.5 Å². The van der Waals surface area contributed by atoms with Crippen LogP contribution in [0, 0.1) is 0 Å². The molecule has 0 radical (unpaired) electrons. The quantitative estimate of drug-likeness (QED) is 0.488. The van der Waals surface area contributed by atoms with Gasteiger partial charge in [-0.3, -0.25) is 0 Å². The molecule has 1 atom stereocenters. The van der Waals surface area contributed by atoms with Crippen LogP contribution in [-0.4, -0.2) is 0 Å². The molecule has 1 unspecified atom stereocenters. The van der Waals surface area contributed by atoms with E-state index in [-0.39, 0.29) is 0 Å². The summed E-state index contributed by atoms with van der Waals surface area (Å²) in [5.41, 5.74) is 1.53. The molecule has 0 aromatic carbocycles. The maximum atomic E-state index is 4.94. The predicted octanol–water partition coefficient (Wildman–Crippen LogP) is 3.95. The minimum absolute atomic E-state index is 0.388. The van der Waals surface area contributed by atoms with Gasteiger partial charge in [-0.05, 0) is 0 Å². The Labute approximate surface area is 89.2 Å². The van der Waals surface area contributed by atoms with E-state index in [0.29, 0.717) is 4.89 Å². The Kier molecular flexibility index (Phi) is 5.16. The molecule has 0 spiro atoms. The van der Waals surface area contributed by atoms with E-state index < -0.39 is 0 Å². The van der Waals surface area contributed by atoms with Crippen molar-refractivity contribution in [2.24, 2.45) is 0 Å². The average molecular weight is 220 g/mol. The monoisotopic (exact) mass is 219 g/mol. The van der Waals surface area contributed by atoms with Crippen LogP contribution in [0.4, 0.5) is 0 Å². The SMILES string of the molecule is C/C=C/C/C1=C/C=C\[CH]([Ni])CCC1. The molecule has 0 heterocycles. The first kappa shape index (κ1) is 10.8. The third-order valence-corrected chi connectivity index (χ3v) is 2.69. The van der Waals surface area contributed by atoms with Crippen LogP contribution in [0.1, 0.15) is 32.6 Å². The molecular formula is C12H17Ni. The molecule has 1 heteroatoms. The van der Waals surface area contributed by atoms with Crippen molar-refractivity contribution in [3.05, 3.63) is 36.0 Å². The summed E-state index contributed by atoms with van der Waals surface area (Å²) in [5, 5.41) is 0. The Morgan fingerprint density at radius 3 is 3.23 bits per heavy atom. The second-order valence-electron chi connectivity index (χ2n) is 3.35. The standard InChI is InChI=1S/C12H17.Ni/c1-2-3-9-12-10-7-5-4-6-8-11-12;/h2-5,7,10H,6,8-9,11H2,1H3;/b3-2+,7-5-,12-10-;. The Hall–Kier alpha value is -0.286. The van der Waals surface area contributed by atoms with Crippen LogP contribution in [-0.2, 0) is 15.5 Å². The molecule has 0 aromatic heterocycles. The van der Waals surface area contributed by atoms with Gasteiger partial charge in [-0.1, -0.05) is 0 Å². The fourth-order valence-electron chi connectivity index (χ4n) is 1.44. The molecule has 0 bridgehead atoms. The Balaban J connectivity index is 2.52. The molecule has 1 aliphatic rings. The van der Waals surface area contributed by atoms with Gasteiger partial charge in [0.15, 0.2) is 0 Å². The van der Waals surface area contributed by atoms with E-state index in [1.165, 1.54) is 24.8 Å². The normalized spacial score (nSPS) is 30.7. The van der Waals surface area contributed by atoms with Crippen molar-refractivity contribution in [2.75, 3.05) is 0 Å². The molecule has 0 saturated heterocycles. The van der Waals surface area contributed by atoms with Crippen molar-refractivity contribution in [1.82, 2.24) is 0 Å². The van der Waals surface area contributed by atoms with Crippen LogP contribution < -0.4 is 0 Å². The molecule has 1 rings (SSSR count). The third kappa shape index (κ3) is 4.48. The number of rotatable bonds is 2. The van der Waals surface area contributed by atoms with Gasteiger partial charge in [0.1, 0.15) is 0 Å². The van der Waals surface area contributed by atoms with Crippen LogP contribution in [0.15, 0.2) is 36.0 Å². The van der Waals surface area contributed by atoms with Crippen molar-refractivity contribution in [3.63, 3.8) is 0 Å². The number of allylic oxidation sites excluding steroid dienone is 6. The third-order valence-electron chi connectivity index (χ3n) is 2.22. The topological polar surface area (TPSA) is 0 Å². The summed E-state index contributed by atoms with van der Waals surface area (Å²) in [6, 6.07) is 0. The van der Waals surface area contributed by atoms with Gasteiger partial charge in [0.25, 0.3) is 0 Å². The Bertz CT molecular complexity index is 223. The van der Waals surface area contributed by atoms with Gasteiger partial charge in [-0.25, -0.2) is 0 Å². The molecule has 1 aliphatic carbocycles. The Morgan fingerprint density at radius 2 is 2.46 bits per heavy atom. The van der Waals surface area contributed by atoms with Crippen LogP contribution in [0.25, 0.3) is 0 Å². The summed E-state index contributed by atoms with van der Waals surface area (Å²) in [7, 11) is 0. The van der Waals surface area contributed by atoms with E-state index >= 15 is 0 Å². The molecule has 0 nitrogen and oxygen atoms in total. The average Bonchev–Trinajstić information content (AvgIpc) is 2.09. The summed E-state index contributed by atoms with van der Waals surface area (Å²) in [6.07, 6.45) is 15.6. The molecule has 0 N–H and O–H groups in total. The van der Waals surface area contributed by atoms with Gasteiger partial charge >= 0.3 is 88.9 Å². The first-order valence-corrected chi connectivity index (χ1v) is 5.48. The molecule has 0 fully saturated rings. The van der Waals surface area contributed by atoms with Crippen LogP contribution >= 0.6 is 0 Å². The zero-order valence-electron chi connectivity index (χ0n) is 8.11. The summed E-state index contributed by atoms with van der Waals surface area (Å²) in [4.78, 5) is 0.388. The fourth-order valence-corrected chi connectivity index (χ4v) is 1.75. The molecule has 0 saturated carbocycles. The van der Waals surface area contributed by atoms with Gasteiger partial charge < -0.3 is 0 Å². The predicted molar refractivity (Wildman–Crippen MR) is 54.3 cm³/mol. The van der Waals surface area contributed by atoms with E-state index in [1.54, 1.807) is 0 Å². The van der Waals surface area contributed by atoms with Crippen LogP contribution in [0.3, 0.4) is 0 Å². The van der Waals surface area contributed by atoms with Crippen molar-refractivity contribution < 1.29 is 15.5 Å². The second kappa shape index (κ2) is 6.21. The van der Waals surface area contributed by atoms with Gasteiger partial charge in [0.2, 0.25) is 0 Å². The van der Waals surface area contributed by atoms with Gasteiger partial charge in [0.05, 0.1) is 0 Å². The number of hydrogen-bond donors (Lipinski definition) is 0. The van der Waals surface area contributed by atoms with Crippen molar-refractivity contribution in [3.8, 4) is 0 Å². The van der Waals surface area contributed by atoms with Crippen LogP contribution in [0.5, 0.6) is 0 Å². The summed E-state index contributed by atoms with van der Waals surface area (Å²) >= 11 is 4.94. The van der Waals surface area contributed by atoms with Gasteiger partial charge in [0, 0.05) is 0 Å². The van der Waals surface area contributed by atoms with E-state index in [9.17, 15) is 0 Å². The fraction of sp³-hybridized carbons (Fsp3) is 0.500. The van der Waals surface area contributed by atoms with E-state index in [1.807, 2.05) is 0 Å². The summed E-state index contributed by atoms with van der Waals surface area (Å²) in [6.45, 7) is 2.07. The van der Waals surface area contributed by atoms with Crippen molar-refractivity contribution >= 4 is 0 Å². The first-order valence-electron chi connectivity index (χ1n) is 4.91. The summed E-state index contributed by atoms with van der Waals surface area (Å²) in [5.74, 6) is 0.